The molecule has 1 atom stereocenters. The molecule has 0 aliphatic rings. The molecule has 5 heteroatoms. The lowest BCUT2D eigenvalue weighted by Crippen LogP contribution is -2.41. The predicted octanol–water partition coefficient (Wildman–Crippen LogP) is 2.92. The minimum absolute atomic E-state index is 0.365. The zero-order chi connectivity index (χ0) is 14.9. The zero-order valence-electron chi connectivity index (χ0n) is 13.2. The Labute approximate surface area is 119 Å². The molecule has 0 saturated carbocycles. The second kappa shape index (κ2) is 9.50. The Balaban J connectivity index is 3.86. The summed E-state index contributed by atoms with van der Waals surface area (Å²) in [5, 5.41) is 9.24. The molecule has 0 aromatic heterocycles. The molecule has 0 heterocycles. The number of hydrogen-bond donors (Lipinski definition) is 1. The highest BCUT2D eigenvalue weighted by atomic mass is 28.3. The van der Waals surface area contributed by atoms with Crippen molar-refractivity contribution in [1.29, 1.82) is 0 Å². The summed E-state index contributed by atoms with van der Waals surface area (Å²) in [7, 11) is -1.01. The highest BCUT2D eigenvalue weighted by molar-refractivity contribution is 6.76. The molecule has 0 rings (SSSR count). The average Bonchev–Trinajstić information content (AvgIpc) is 2.30. The molecule has 0 aromatic carbocycles. The van der Waals surface area contributed by atoms with Crippen molar-refractivity contribution in [3.05, 3.63) is 0 Å². The molecule has 19 heavy (non-hydrogen) atoms. The van der Waals surface area contributed by atoms with E-state index in [0.29, 0.717) is 13.0 Å². The van der Waals surface area contributed by atoms with Crippen LogP contribution in [0.3, 0.4) is 0 Å². The molecule has 0 amide bonds. The van der Waals surface area contributed by atoms with E-state index in [1.54, 1.807) is 0 Å². The van der Waals surface area contributed by atoms with E-state index in [1.165, 1.54) is 6.04 Å². The van der Waals surface area contributed by atoms with Gasteiger partial charge in [0.2, 0.25) is 0 Å². The molecular formula is C14H31NO3Si. The molecule has 0 fully saturated rings. The quantitative estimate of drug-likeness (QED) is 0.469. The van der Waals surface area contributed by atoms with Gasteiger partial charge in [-0.2, -0.15) is 0 Å². The Kier molecular flexibility index (Phi) is 9.30. The lowest BCUT2D eigenvalue weighted by atomic mass is 10.1. The Morgan fingerprint density at radius 1 is 1.21 bits per heavy atom. The Hall–Kier alpha value is -0.393. The first-order valence-corrected chi connectivity index (χ1v) is 11.1. The molecule has 114 valence electrons. The number of carboxylic acids is 1. The van der Waals surface area contributed by atoms with Crippen LogP contribution in [0.5, 0.6) is 0 Å². The van der Waals surface area contributed by atoms with Gasteiger partial charge in [-0.1, -0.05) is 33.5 Å². The molecule has 1 N–H and O–H groups in total. The Bertz CT molecular complexity index is 250. The van der Waals surface area contributed by atoms with Crippen LogP contribution in [0.15, 0.2) is 0 Å². The third-order valence-electron chi connectivity index (χ3n) is 3.30. The maximum Gasteiger partial charge on any atom is 0.320 e. The summed E-state index contributed by atoms with van der Waals surface area (Å²) in [6.07, 6.45) is 1.49. The number of carboxylic acid groups (broad SMARTS) is 1. The maximum atomic E-state index is 11.2. The van der Waals surface area contributed by atoms with Crippen LogP contribution < -0.4 is 0 Å². The van der Waals surface area contributed by atoms with Gasteiger partial charge in [0.1, 0.15) is 6.04 Å². The monoisotopic (exact) mass is 289 g/mol. The van der Waals surface area contributed by atoms with Crippen LogP contribution in [0.2, 0.25) is 25.7 Å². The average molecular weight is 289 g/mol. The number of rotatable bonds is 11. The fourth-order valence-corrected chi connectivity index (χ4v) is 2.74. The number of aliphatic carboxylic acids is 1. The van der Waals surface area contributed by atoms with Gasteiger partial charge in [0.05, 0.1) is 0 Å². The smallest absolute Gasteiger partial charge is 0.320 e. The summed E-state index contributed by atoms with van der Waals surface area (Å²) in [5.41, 5.74) is 0. The van der Waals surface area contributed by atoms with E-state index in [2.05, 4.69) is 19.6 Å². The predicted molar refractivity (Wildman–Crippen MR) is 82.6 cm³/mol. The Morgan fingerprint density at radius 2 is 1.79 bits per heavy atom. The molecule has 0 aliphatic carbocycles. The topological polar surface area (TPSA) is 49.8 Å². The van der Waals surface area contributed by atoms with Crippen molar-refractivity contribution in [1.82, 2.24) is 4.90 Å². The van der Waals surface area contributed by atoms with Crippen molar-refractivity contribution < 1.29 is 14.6 Å². The van der Waals surface area contributed by atoms with Crippen LogP contribution in [0, 0.1) is 0 Å². The molecule has 0 bridgehead atoms. The van der Waals surface area contributed by atoms with Crippen molar-refractivity contribution in [2.24, 2.45) is 0 Å². The zero-order valence-corrected chi connectivity index (χ0v) is 14.2. The number of hydrogen-bond acceptors (Lipinski definition) is 3. The highest BCUT2D eigenvalue weighted by Crippen LogP contribution is 2.10. The van der Waals surface area contributed by atoms with Gasteiger partial charge in [0, 0.05) is 21.3 Å². The van der Waals surface area contributed by atoms with Gasteiger partial charge >= 0.3 is 5.97 Å². The minimum Gasteiger partial charge on any atom is -0.480 e. The molecular weight excluding hydrogens is 258 g/mol. The standard InChI is InChI=1S/C14H31NO3Si/c1-6-15(7-2)13(14(16)17)9-8-10-18-11-12-19(3,4)5/h13H,6-12H2,1-5H3,(H,16,17)/t13-/m0/s1. The summed E-state index contributed by atoms with van der Waals surface area (Å²) in [6.45, 7) is 14.1. The first-order chi connectivity index (χ1) is 8.81. The van der Waals surface area contributed by atoms with E-state index in [1.807, 2.05) is 18.7 Å². The second-order valence-electron chi connectivity index (χ2n) is 6.14. The number of nitrogens with zero attached hydrogens (tertiary/aromatic N) is 1. The lowest BCUT2D eigenvalue weighted by Gasteiger charge is -2.26. The van der Waals surface area contributed by atoms with E-state index >= 15 is 0 Å². The van der Waals surface area contributed by atoms with Crippen LogP contribution in [0.1, 0.15) is 26.7 Å². The Morgan fingerprint density at radius 3 is 2.21 bits per heavy atom. The van der Waals surface area contributed by atoms with Crippen molar-refractivity contribution in [3.8, 4) is 0 Å². The van der Waals surface area contributed by atoms with Crippen LogP contribution in [0.4, 0.5) is 0 Å². The van der Waals surface area contributed by atoms with Gasteiger partial charge in [0.25, 0.3) is 0 Å². The first kappa shape index (κ1) is 18.6. The molecule has 0 aliphatic heterocycles. The number of likely N-dealkylation sites (N-methyl/N-ethyl adjacent to an activating group) is 1. The third kappa shape index (κ3) is 9.19. The van der Waals surface area contributed by atoms with E-state index in [-0.39, 0.29) is 6.04 Å². The van der Waals surface area contributed by atoms with Gasteiger partial charge in [-0.25, -0.2) is 0 Å². The molecule has 4 nitrogen and oxygen atoms in total. The highest BCUT2D eigenvalue weighted by Gasteiger charge is 2.22. The van der Waals surface area contributed by atoms with Gasteiger partial charge in [-0.05, 0) is 32.0 Å². The molecule has 0 spiro atoms. The number of ether oxygens (including phenoxy) is 1. The largest absolute Gasteiger partial charge is 0.480 e. The maximum absolute atomic E-state index is 11.2. The van der Waals surface area contributed by atoms with Crippen LogP contribution in [0.25, 0.3) is 0 Å². The normalized spacial score (nSPS) is 13.8. The molecule has 0 unspecified atom stereocenters. The van der Waals surface area contributed by atoms with E-state index in [0.717, 1.165) is 26.1 Å². The SMILES string of the molecule is CCN(CC)[C@@H](CCCOCC[Si](C)(C)C)C(=O)O. The lowest BCUT2D eigenvalue weighted by molar-refractivity contribution is -0.143. The fourth-order valence-electron chi connectivity index (χ4n) is 1.99. The second-order valence-corrected chi connectivity index (χ2v) is 11.8. The molecule has 0 saturated heterocycles. The molecule has 0 radical (unpaired) electrons. The van der Waals surface area contributed by atoms with Crippen molar-refractivity contribution in [2.45, 2.75) is 58.4 Å². The number of carbonyl (C=O) groups is 1. The summed E-state index contributed by atoms with van der Waals surface area (Å²) in [4.78, 5) is 13.2. The van der Waals surface area contributed by atoms with Gasteiger partial charge in [0.15, 0.2) is 0 Å². The summed E-state index contributed by atoms with van der Waals surface area (Å²) in [6, 6.07) is 0.807. The van der Waals surface area contributed by atoms with Crippen LogP contribution >= 0.6 is 0 Å². The van der Waals surface area contributed by atoms with Gasteiger partial charge in [-0.15, -0.1) is 0 Å². The summed E-state index contributed by atoms with van der Waals surface area (Å²) < 4.78 is 5.61. The van der Waals surface area contributed by atoms with E-state index in [4.69, 9.17) is 4.74 Å². The van der Waals surface area contributed by atoms with Gasteiger partial charge < -0.3 is 9.84 Å². The first-order valence-electron chi connectivity index (χ1n) is 7.36. The van der Waals surface area contributed by atoms with Crippen molar-refractivity contribution in [2.75, 3.05) is 26.3 Å². The minimum atomic E-state index is -1.01. The fraction of sp³-hybridized carbons (Fsp3) is 0.929. The van der Waals surface area contributed by atoms with Crippen LogP contribution in [-0.2, 0) is 9.53 Å². The summed E-state index contributed by atoms with van der Waals surface area (Å²) in [5.74, 6) is -0.717. The summed E-state index contributed by atoms with van der Waals surface area (Å²) >= 11 is 0. The van der Waals surface area contributed by atoms with Crippen LogP contribution in [-0.4, -0.2) is 56.4 Å². The van der Waals surface area contributed by atoms with E-state index in [9.17, 15) is 9.90 Å². The van der Waals surface area contributed by atoms with Gasteiger partial charge in [-0.3, -0.25) is 9.69 Å². The third-order valence-corrected chi connectivity index (χ3v) is 5.00. The van der Waals surface area contributed by atoms with E-state index < -0.39 is 14.0 Å². The molecule has 0 aromatic rings. The van der Waals surface area contributed by atoms with Crippen molar-refractivity contribution >= 4 is 14.0 Å². The van der Waals surface area contributed by atoms with Crippen molar-refractivity contribution in [3.63, 3.8) is 0 Å².